The minimum absolute atomic E-state index is 0.234. The molecule has 12 heavy (non-hydrogen) atoms. The van der Waals surface area contributed by atoms with E-state index in [1.165, 1.54) is 0 Å². The van der Waals surface area contributed by atoms with E-state index in [-0.39, 0.29) is 5.75 Å². The highest BCUT2D eigenvalue weighted by Crippen LogP contribution is 2.29. The Morgan fingerprint density at radius 1 is 1.58 bits per heavy atom. The van der Waals surface area contributed by atoms with Gasteiger partial charge in [-0.05, 0) is 28.7 Å². The predicted octanol–water partition coefficient (Wildman–Crippen LogP) is 2.65. The molecule has 0 aliphatic rings. The van der Waals surface area contributed by atoms with Crippen LogP contribution in [-0.2, 0) is 0 Å². The Labute approximate surface area is 85.0 Å². The molecule has 0 spiro atoms. The fraction of sp³-hybridized carbons (Fsp3) is 0.111. The fourth-order valence-electron chi connectivity index (χ4n) is 0.894. The number of hydrogen-bond acceptors (Lipinski definition) is 2. The average Bonchev–Trinajstić information content (AvgIpc) is 2.09. The van der Waals surface area contributed by atoms with Crippen molar-refractivity contribution in [1.29, 1.82) is 0 Å². The van der Waals surface area contributed by atoms with Gasteiger partial charge in [0.1, 0.15) is 11.5 Å². The first-order chi connectivity index (χ1) is 5.69. The van der Waals surface area contributed by atoms with E-state index < -0.39 is 0 Å². The molecule has 1 aromatic carbocycles. The first kappa shape index (κ1) is 9.38. The standard InChI is InChI=1S/C9H9IO2/c1-3-6-4-7(10)8(11)5-9(6)12-2/h3-5,11H,1H2,2H3. The molecule has 0 unspecified atom stereocenters. The number of phenols is 1. The maximum absolute atomic E-state index is 9.33. The molecular weight excluding hydrogens is 267 g/mol. The molecule has 64 valence electrons. The summed E-state index contributed by atoms with van der Waals surface area (Å²) in [5.41, 5.74) is 0.889. The van der Waals surface area contributed by atoms with Crippen LogP contribution < -0.4 is 4.74 Å². The summed E-state index contributed by atoms with van der Waals surface area (Å²) in [7, 11) is 1.56. The molecule has 2 nitrogen and oxygen atoms in total. The number of phenolic OH excluding ortho intramolecular Hbond substituents is 1. The largest absolute Gasteiger partial charge is 0.507 e. The summed E-state index contributed by atoms with van der Waals surface area (Å²) in [6.07, 6.45) is 1.69. The van der Waals surface area contributed by atoms with Crippen LogP contribution in [0.4, 0.5) is 0 Å². The molecule has 0 heterocycles. The van der Waals surface area contributed by atoms with Crippen molar-refractivity contribution >= 4 is 28.7 Å². The Balaban J connectivity index is 3.28. The van der Waals surface area contributed by atoms with Crippen molar-refractivity contribution in [1.82, 2.24) is 0 Å². The van der Waals surface area contributed by atoms with Crippen LogP contribution in [0.3, 0.4) is 0 Å². The van der Waals surface area contributed by atoms with E-state index in [2.05, 4.69) is 29.2 Å². The van der Waals surface area contributed by atoms with Crippen molar-refractivity contribution < 1.29 is 9.84 Å². The normalized spacial score (nSPS) is 9.50. The summed E-state index contributed by atoms with van der Waals surface area (Å²) in [5.74, 6) is 0.876. The summed E-state index contributed by atoms with van der Waals surface area (Å²) in [6, 6.07) is 3.40. The highest BCUT2D eigenvalue weighted by molar-refractivity contribution is 14.1. The van der Waals surface area contributed by atoms with Crippen molar-refractivity contribution in [3.63, 3.8) is 0 Å². The Kier molecular flexibility index (Phi) is 2.97. The molecule has 0 radical (unpaired) electrons. The van der Waals surface area contributed by atoms with Crippen LogP contribution >= 0.6 is 22.6 Å². The number of halogens is 1. The maximum Gasteiger partial charge on any atom is 0.132 e. The van der Waals surface area contributed by atoms with Gasteiger partial charge in [-0.3, -0.25) is 0 Å². The molecule has 0 fully saturated rings. The molecule has 0 atom stereocenters. The third-order valence-electron chi connectivity index (χ3n) is 1.52. The number of hydrogen-bond donors (Lipinski definition) is 1. The second-order valence-corrected chi connectivity index (χ2v) is 3.41. The van der Waals surface area contributed by atoms with Crippen molar-refractivity contribution in [2.24, 2.45) is 0 Å². The molecule has 3 heteroatoms. The second kappa shape index (κ2) is 3.80. The molecule has 0 aliphatic heterocycles. The molecule has 0 amide bonds. The van der Waals surface area contributed by atoms with E-state index >= 15 is 0 Å². The van der Waals surface area contributed by atoms with Crippen LogP contribution in [-0.4, -0.2) is 12.2 Å². The van der Waals surface area contributed by atoms with E-state index in [1.807, 2.05) is 6.07 Å². The lowest BCUT2D eigenvalue weighted by molar-refractivity contribution is 0.406. The lowest BCUT2D eigenvalue weighted by Crippen LogP contribution is -1.87. The van der Waals surface area contributed by atoms with Gasteiger partial charge in [0.05, 0.1) is 10.7 Å². The lowest BCUT2D eigenvalue weighted by Gasteiger charge is -2.06. The van der Waals surface area contributed by atoms with Crippen molar-refractivity contribution in [3.05, 3.63) is 27.8 Å². The van der Waals surface area contributed by atoms with Gasteiger partial charge in [-0.2, -0.15) is 0 Å². The molecule has 0 saturated heterocycles. The monoisotopic (exact) mass is 276 g/mol. The van der Waals surface area contributed by atoms with Crippen LogP contribution in [0.25, 0.3) is 6.08 Å². The zero-order valence-electron chi connectivity index (χ0n) is 6.67. The topological polar surface area (TPSA) is 29.5 Å². The van der Waals surface area contributed by atoms with Crippen molar-refractivity contribution in [3.8, 4) is 11.5 Å². The third-order valence-corrected chi connectivity index (χ3v) is 2.38. The van der Waals surface area contributed by atoms with Gasteiger partial charge in [0.25, 0.3) is 0 Å². The molecule has 0 aromatic heterocycles. The summed E-state index contributed by atoms with van der Waals surface area (Å²) in [5, 5.41) is 9.33. The van der Waals surface area contributed by atoms with Gasteiger partial charge in [-0.15, -0.1) is 0 Å². The highest BCUT2D eigenvalue weighted by Gasteiger charge is 2.04. The molecule has 1 N–H and O–H groups in total. The van der Waals surface area contributed by atoms with Gasteiger partial charge >= 0.3 is 0 Å². The van der Waals surface area contributed by atoms with Gasteiger partial charge in [0.15, 0.2) is 0 Å². The summed E-state index contributed by atoms with van der Waals surface area (Å²) in [6.45, 7) is 3.65. The number of aromatic hydroxyl groups is 1. The minimum atomic E-state index is 0.234. The Bertz CT molecular complexity index is 308. The number of rotatable bonds is 2. The average molecular weight is 276 g/mol. The van der Waals surface area contributed by atoms with Crippen LogP contribution in [0, 0.1) is 3.57 Å². The maximum atomic E-state index is 9.33. The van der Waals surface area contributed by atoms with Crippen LogP contribution in [0.15, 0.2) is 18.7 Å². The number of benzene rings is 1. The van der Waals surface area contributed by atoms with E-state index in [0.29, 0.717) is 5.75 Å². The molecule has 1 aromatic rings. The Morgan fingerprint density at radius 2 is 2.25 bits per heavy atom. The van der Waals surface area contributed by atoms with Crippen LogP contribution in [0.2, 0.25) is 0 Å². The zero-order chi connectivity index (χ0) is 9.14. The third kappa shape index (κ3) is 1.72. The molecule has 1 rings (SSSR count). The first-order valence-electron chi connectivity index (χ1n) is 3.38. The van der Waals surface area contributed by atoms with Gasteiger partial charge in [-0.1, -0.05) is 12.7 Å². The summed E-state index contributed by atoms with van der Waals surface area (Å²) >= 11 is 2.05. The Morgan fingerprint density at radius 3 is 2.75 bits per heavy atom. The van der Waals surface area contributed by atoms with E-state index in [0.717, 1.165) is 9.13 Å². The molecular formula is C9H9IO2. The fourth-order valence-corrected chi connectivity index (χ4v) is 1.39. The van der Waals surface area contributed by atoms with Crippen molar-refractivity contribution in [2.75, 3.05) is 7.11 Å². The Hall–Kier alpha value is -0.710. The van der Waals surface area contributed by atoms with Gasteiger partial charge in [-0.25, -0.2) is 0 Å². The van der Waals surface area contributed by atoms with Gasteiger partial charge in [0, 0.05) is 11.6 Å². The van der Waals surface area contributed by atoms with E-state index in [1.54, 1.807) is 19.3 Å². The first-order valence-corrected chi connectivity index (χ1v) is 4.46. The lowest BCUT2D eigenvalue weighted by atomic mass is 10.2. The zero-order valence-corrected chi connectivity index (χ0v) is 8.83. The molecule has 0 aliphatic carbocycles. The predicted molar refractivity (Wildman–Crippen MR) is 57.5 cm³/mol. The minimum Gasteiger partial charge on any atom is -0.507 e. The van der Waals surface area contributed by atoms with Crippen LogP contribution in [0.1, 0.15) is 5.56 Å². The van der Waals surface area contributed by atoms with Crippen molar-refractivity contribution in [2.45, 2.75) is 0 Å². The quantitative estimate of drug-likeness (QED) is 0.841. The van der Waals surface area contributed by atoms with Gasteiger partial charge < -0.3 is 9.84 Å². The molecule has 0 saturated carbocycles. The second-order valence-electron chi connectivity index (χ2n) is 2.25. The smallest absolute Gasteiger partial charge is 0.132 e. The van der Waals surface area contributed by atoms with E-state index in [9.17, 15) is 5.11 Å². The number of methoxy groups -OCH3 is 1. The summed E-state index contributed by atoms with van der Waals surface area (Å²) < 4.78 is 5.83. The van der Waals surface area contributed by atoms with Gasteiger partial charge in [0.2, 0.25) is 0 Å². The van der Waals surface area contributed by atoms with Crippen LogP contribution in [0.5, 0.6) is 11.5 Å². The number of ether oxygens (including phenoxy) is 1. The highest BCUT2D eigenvalue weighted by atomic mass is 127. The molecule has 0 bridgehead atoms. The SMILES string of the molecule is C=Cc1cc(I)c(O)cc1OC. The summed E-state index contributed by atoms with van der Waals surface area (Å²) in [4.78, 5) is 0. The van der Waals surface area contributed by atoms with E-state index in [4.69, 9.17) is 4.74 Å².